The summed E-state index contributed by atoms with van der Waals surface area (Å²) in [5.41, 5.74) is 2.45. The number of carboxylic acid groups (broad SMARTS) is 1. The Kier molecular flexibility index (Phi) is 6.87. The normalized spacial score (nSPS) is 10.5. The fraction of sp³-hybridized carbons (Fsp3) is 0.0909. The van der Waals surface area contributed by atoms with Gasteiger partial charge in [0.25, 0.3) is 5.91 Å². The average Bonchev–Trinajstić information content (AvgIpc) is 2.72. The molecule has 154 valence electrons. The molecule has 3 aromatic rings. The number of carboxylic acids is 1. The highest BCUT2D eigenvalue weighted by Gasteiger charge is 2.14. The molecule has 30 heavy (non-hydrogen) atoms. The van der Waals surface area contributed by atoms with E-state index >= 15 is 0 Å². The first-order valence-electron chi connectivity index (χ1n) is 8.73. The van der Waals surface area contributed by atoms with Crippen LogP contribution in [0.25, 0.3) is 11.1 Å². The van der Waals surface area contributed by atoms with Crippen molar-refractivity contribution in [2.24, 2.45) is 0 Å². The number of nitrogens with one attached hydrogen (secondary N) is 1. The van der Waals surface area contributed by atoms with Gasteiger partial charge in [0.05, 0.1) is 28.3 Å². The van der Waals surface area contributed by atoms with Crippen molar-refractivity contribution in [2.45, 2.75) is 6.54 Å². The predicted molar refractivity (Wildman–Crippen MR) is 118 cm³/mol. The molecule has 0 unspecified atom stereocenters. The number of hydrogen-bond donors (Lipinski definition) is 2. The van der Waals surface area contributed by atoms with Crippen molar-refractivity contribution in [1.82, 2.24) is 5.32 Å². The Morgan fingerprint density at radius 3 is 2.27 bits per heavy atom. The summed E-state index contributed by atoms with van der Waals surface area (Å²) in [6.07, 6.45) is 0. The number of rotatable bonds is 6. The van der Waals surface area contributed by atoms with Crippen LogP contribution in [0.15, 0.2) is 54.6 Å². The van der Waals surface area contributed by atoms with E-state index < -0.39 is 5.97 Å². The SMILES string of the molecule is COc1ccc(-c2ccc(Cl)c(C(=O)O)c2)cc1CNC(=O)c1ccc(Cl)cc1Cl. The van der Waals surface area contributed by atoms with E-state index in [0.29, 0.717) is 27.5 Å². The molecule has 0 heterocycles. The van der Waals surface area contributed by atoms with Crippen LogP contribution in [-0.4, -0.2) is 24.1 Å². The minimum absolute atomic E-state index is 0.0113. The Balaban J connectivity index is 1.87. The summed E-state index contributed by atoms with van der Waals surface area (Å²) in [6, 6.07) is 14.8. The standard InChI is InChI=1S/C22H16Cl3NO4/c1-30-20-7-3-12(13-2-6-18(24)17(9-13)22(28)29)8-14(20)11-26-21(27)16-5-4-15(23)10-19(16)25/h2-10H,11H2,1H3,(H,26,27)(H,28,29). The number of ether oxygens (including phenoxy) is 1. The Morgan fingerprint density at radius 1 is 0.900 bits per heavy atom. The Hall–Kier alpha value is -2.73. The first kappa shape index (κ1) is 22.0. The van der Waals surface area contributed by atoms with E-state index in [1.165, 1.54) is 25.3 Å². The van der Waals surface area contributed by atoms with Crippen molar-refractivity contribution < 1.29 is 19.4 Å². The molecular weight excluding hydrogens is 449 g/mol. The summed E-state index contributed by atoms with van der Waals surface area (Å²) in [5.74, 6) is -0.889. The Morgan fingerprint density at radius 2 is 1.60 bits per heavy atom. The number of halogens is 3. The molecule has 0 atom stereocenters. The van der Waals surface area contributed by atoms with Crippen molar-refractivity contribution in [3.8, 4) is 16.9 Å². The topological polar surface area (TPSA) is 75.6 Å². The van der Waals surface area contributed by atoms with Gasteiger partial charge in [0, 0.05) is 17.1 Å². The maximum absolute atomic E-state index is 12.5. The molecule has 0 aliphatic carbocycles. The highest BCUT2D eigenvalue weighted by molar-refractivity contribution is 6.36. The second kappa shape index (κ2) is 9.39. The Bertz CT molecular complexity index is 1130. The van der Waals surface area contributed by atoms with Crippen molar-refractivity contribution in [3.63, 3.8) is 0 Å². The van der Waals surface area contributed by atoms with E-state index in [9.17, 15) is 14.7 Å². The molecule has 0 aromatic heterocycles. The monoisotopic (exact) mass is 463 g/mol. The van der Waals surface area contributed by atoms with Gasteiger partial charge in [0.15, 0.2) is 0 Å². The van der Waals surface area contributed by atoms with Crippen molar-refractivity contribution in [2.75, 3.05) is 7.11 Å². The van der Waals surface area contributed by atoms with Crippen molar-refractivity contribution >= 4 is 46.7 Å². The maximum atomic E-state index is 12.5. The van der Waals surface area contributed by atoms with Gasteiger partial charge in [-0.3, -0.25) is 4.79 Å². The zero-order chi connectivity index (χ0) is 21.8. The fourth-order valence-electron chi connectivity index (χ4n) is 2.91. The minimum Gasteiger partial charge on any atom is -0.496 e. The van der Waals surface area contributed by atoms with Gasteiger partial charge in [-0.05, 0) is 53.6 Å². The van der Waals surface area contributed by atoms with Gasteiger partial charge < -0.3 is 15.2 Å². The molecule has 0 saturated carbocycles. The molecular formula is C22H16Cl3NO4. The first-order valence-corrected chi connectivity index (χ1v) is 9.87. The van der Waals surface area contributed by atoms with Crippen LogP contribution >= 0.6 is 34.8 Å². The first-order chi connectivity index (χ1) is 14.3. The van der Waals surface area contributed by atoms with Crippen molar-refractivity contribution in [1.29, 1.82) is 0 Å². The lowest BCUT2D eigenvalue weighted by atomic mass is 10.00. The lowest BCUT2D eigenvalue weighted by molar-refractivity contribution is 0.0697. The fourth-order valence-corrected chi connectivity index (χ4v) is 3.60. The molecule has 8 heteroatoms. The third kappa shape index (κ3) is 4.87. The molecule has 5 nitrogen and oxygen atoms in total. The molecule has 2 N–H and O–H groups in total. The second-order valence-electron chi connectivity index (χ2n) is 6.33. The van der Waals surface area contributed by atoms with Crippen LogP contribution in [0.1, 0.15) is 26.3 Å². The highest BCUT2D eigenvalue weighted by atomic mass is 35.5. The molecule has 0 bridgehead atoms. The van der Waals surface area contributed by atoms with Gasteiger partial charge >= 0.3 is 5.97 Å². The summed E-state index contributed by atoms with van der Waals surface area (Å²) in [5, 5.41) is 13.0. The van der Waals surface area contributed by atoms with Gasteiger partial charge in [0.1, 0.15) is 5.75 Å². The molecule has 3 aromatic carbocycles. The number of benzene rings is 3. The number of hydrogen-bond acceptors (Lipinski definition) is 3. The number of aromatic carboxylic acids is 1. The van der Waals surface area contributed by atoms with Crippen LogP contribution in [0, 0.1) is 0 Å². The predicted octanol–water partition coefficient (Wildman–Crippen LogP) is 5.95. The zero-order valence-corrected chi connectivity index (χ0v) is 18.0. The van der Waals surface area contributed by atoms with E-state index in [2.05, 4.69) is 5.32 Å². The molecule has 0 spiro atoms. The summed E-state index contributed by atoms with van der Waals surface area (Å²) < 4.78 is 5.38. The summed E-state index contributed by atoms with van der Waals surface area (Å²) >= 11 is 17.9. The van der Waals surface area contributed by atoms with Crippen LogP contribution in [0.3, 0.4) is 0 Å². The smallest absolute Gasteiger partial charge is 0.337 e. The second-order valence-corrected chi connectivity index (χ2v) is 7.58. The molecule has 0 fully saturated rings. The molecule has 3 rings (SSSR count). The van der Waals surface area contributed by atoms with Crippen LogP contribution in [0.5, 0.6) is 5.75 Å². The van der Waals surface area contributed by atoms with Crippen LogP contribution in [-0.2, 0) is 6.54 Å². The van der Waals surface area contributed by atoms with Gasteiger partial charge in [-0.15, -0.1) is 0 Å². The van der Waals surface area contributed by atoms with Gasteiger partial charge in [-0.25, -0.2) is 4.79 Å². The lowest BCUT2D eigenvalue weighted by Crippen LogP contribution is -2.23. The third-order valence-corrected chi connectivity index (χ3v) is 5.30. The van der Waals surface area contributed by atoms with E-state index in [-0.39, 0.29) is 28.1 Å². The van der Waals surface area contributed by atoms with Gasteiger partial charge in [-0.1, -0.05) is 46.9 Å². The molecule has 1 amide bonds. The highest BCUT2D eigenvalue weighted by Crippen LogP contribution is 2.30. The van der Waals surface area contributed by atoms with Crippen LogP contribution in [0.2, 0.25) is 15.1 Å². The Labute approximate surface area is 188 Å². The molecule has 0 aliphatic heterocycles. The largest absolute Gasteiger partial charge is 0.496 e. The van der Waals surface area contributed by atoms with Crippen molar-refractivity contribution in [3.05, 3.63) is 86.4 Å². The van der Waals surface area contributed by atoms with Crippen LogP contribution < -0.4 is 10.1 Å². The number of carbonyl (C=O) groups is 2. The summed E-state index contributed by atoms with van der Waals surface area (Å²) in [7, 11) is 1.53. The number of carbonyl (C=O) groups excluding carboxylic acids is 1. The molecule has 0 aliphatic rings. The number of amides is 1. The van der Waals surface area contributed by atoms with Crippen LogP contribution in [0.4, 0.5) is 0 Å². The van der Waals surface area contributed by atoms with Gasteiger partial charge in [-0.2, -0.15) is 0 Å². The summed E-state index contributed by atoms with van der Waals surface area (Å²) in [4.78, 5) is 23.9. The lowest BCUT2D eigenvalue weighted by Gasteiger charge is -2.13. The third-order valence-electron chi connectivity index (χ3n) is 4.43. The van der Waals surface area contributed by atoms with E-state index in [1.54, 1.807) is 30.3 Å². The molecule has 0 saturated heterocycles. The van der Waals surface area contributed by atoms with E-state index in [0.717, 1.165) is 5.56 Å². The number of methoxy groups -OCH3 is 1. The quantitative estimate of drug-likeness (QED) is 0.472. The van der Waals surface area contributed by atoms with E-state index in [1.807, 2.05) is 6.07 Å². The molecule has 0 radical (unpaired) electrons. The maximum Gasteiger partial charge on any atom is 0.337 e. The minimum atomic E-state index is -1.11. The van der Waals surface area contributed by atoms with Gasteiger partial charge in [0.2, 0.25) is 0 Å². The average molecular weight is 465 g/mol. The van der Waals surface area contributed by atoms with E-state index in [4.69, 9.17) is 39.5 Å². The summed E-state index contributed by atoms with van der Waals surface area (Å²) in [6.45, 7) is 0.175. The zero-order valence-electron chi connectivity index (χ0n) is 15.7.